The number of carbonyl (C=O) groups is 1. The van der Waals surface area contributed by atoms with Crippen molar-refractivity contribution >= 4 is 38.9 Å². The van der Waals surface area contributed by atoms with Gasteiger partial charge in [0.1, 0.15) is 11.1 Å². The van der Waals surface area contributed by atoms with Gasteiger partial charge in [-0.1, -0.05) is 23.7 Å². The molecule has 1 aliphatic rings. The van der Waals surface area contributed by atoms with E-state index in [0.29, 0.717) is 10.6 Å². The number of anilines is 2. The van der Waals surface area contributed by atoms with E-state index in [1.807, 2.05) is 0 Å². The lowest BCUT2D eigenvalue weighted by Gasteiger charge is -2.19. The molecule has 0 spiro atoms. The average molecular weight is 492 g/mol. The monoisotopic (exact) mass is 491 g/mol. The molecule has 1 heterocycles. The van der Waals surface area contributed by atoms with E-state index in [0.717, 1.165) is 6.07 Å². The Morgan fingerprint density at radius 3 is 2.66 bits per heavy atom. The molecule has 0 aliphatic carbocycles. The standard InChI is InChI=1S/C19H21ClF3N5O3S/c1-10-16(9-28(26-10)19(22)23)32(30,31)27-15-7-12(6-5-11(15)8-24)25-18(29)17-13(20)3-2-4-14(17)21/h2-7,10,16,19,26-27H,8-9,24H2,1H3,(H,25,29). The van der Waals surface area contributed by atoms with Crippen LogP contribution in [0.1, 0.15) is 22.8 Å². The molecule has 3 rings (SSSR count). The van der Waals surface area contributed by atoms with Gasteiger partial charge in [0.2, 0.25) is 10.0 Å². The SMILES string of the molecule is CC1NN(C(F)F)CC1S(=O)(=O)Nc1cc(NC(=O)c2c(F)cccc2Cl)ccc1CN. The minimum atomic E-state index is -4.11. The highest BCUT2D eigenvalue weighted by atomic mass is 35.5. The maximum atomic E-state index is 14.0. The maximum Gasteiger partial charge on any atom is 0.306 e. The molecule has 1 saturated heterocycles. The molecule has 8 nitrogen and oxygen atoms in total. The normalized spacial score (nSPS) is 19.3. The zero-order valence-electron chi connectivity index (χ0n) is 16.8. The second-order valence-corrected chi connectivity index (χ2v) is 9.47. The highest BCUT2D eigenvalue weighted by molar-refractivity contribution is 7.93. The van der Waals surface area contributed by atoms with Crippen molar-refractivity contribution in [3.63, 3.8) is 0 Å². The molecule has 2 unspecified atom stereocenters. The Morgan fingerprint density at radius 2 is 2.06 bits per heavy atom. The van der Waals surface area contributed by atoms with Crippen LogP contribution in [0.4, 0.5) is 24.5 Å². The molecule has 1 amide bonds. The van der Waals surface area contributed by atoms with E-state index in [1.54, 1.807) is 0 Å². The lowest BCUT2D eigenvalue weighted by Crippen LogP contribution is -2.39. The predicted octanol–water partition coefficient (Wildman–Crippen LogP) is 2.73. The Morgan fingerprint density at radius 1 is 1.34 bits per heavy atom. The summed E-state index contributed by atoms with van der Waals surface area (Å²) in [6.07, 6.45) is 0. The summed E-state index contributed by atoms with van der Waals surface area (Å²) in [6, 6.07) is 7.28. The zero-order valence-corrected chi connectivity index (χ0v) is 18.4. The molecule has 1 fully saturated rings. The van der Waals surface area contributed by atoms with Crippen LogP contribution in [-0.4, -0.2) is 43.7 Å². The van der Waals surface area contributed by atoms with E-state index < -0.39 is 46.1 Å². The Labute approximate surface area is 187 Å². The summed E-state index contributed by atoms with van der Waals surface area (Å²) in [5.41, 5.74) is 8.36. The first kappa shape index (κ1) is 24.3. The number of hydrogen-bond acceptors (Lipinski definition) is 6. The summed E-state index contributed by atoms with van der Waals surface area (Å²) >= 11 is 5.90. The van der Waals surface area contributed by atoms with Gasteiger partial charge in [0.05, 0.1) is 16.3 Å². The Balaban J connectivity index is 1.85. The van der Waals surface area contributed by atoms with Gasteiger partial charge in [-0.15, -0.1) is 0 Å². The molecular formula is C19H21ClF3N5O3S. The van der Waals surface area contributed by atoms with Gasteiger partial charge in [0.25, 0.3) is 5.91 Å². The third kappa shape index (κ3) is 5.15. The molecule has 0 saturated carbocycles. The molecule has 32 heavy (non-hydrogen) atoms. The number of hydrazine groups is 1. The number of sulfonamides is 1. The molecule has 0 bridgehead atoms. The number of benzene rings is 2. The van der Waals surface area contributed by atoms with Crippen molar-refractivity contribution in [1.29, 1.82) is 0 Å². The Bertz CT molecular complexity index is 1100. The Hall–Kier alpha value is -2.38. The van der Waals surface area contributed by atoms with Gasteiger partial charge in [-0.2, -0.15) is 13.8 Å². The fourth-order valence-electron chi connectivity index (χ4n) is 3.32. The van der Waals surface area contributed by atoms with Gasteiger partial charge in [-0.25, -0.2) is 18.2 Å². The second kappa shape index (κ2) is 9.63. The number of nitrogens with one attached hydrogen (secondary N) is 3. The smallest absolute Gasteiger partial charge is 0.306 e. The number of halogens is 4. The van der Waals surface area contributed by atoms with Crippen molar-refractivity contribution in [2.24, 2.45) is 5.73 Å². The lowest BCUT2D eigenvalue weighted by atomic mass is 10.1. The second-order valence-electron chi connectivity index (χ2n) is 7.16. The number of nitrogens with two attached hydrogens (primary N) is 1. The fourth-order valence-corrected chi connectivity index (χ4v) is 5.17. The number of rotatable bonds is 7. The van der Waals surface area contributed by atoms with Crippen LogP contribution in [0.2, 0.25) is 5.02 Å². The van der Waals surface area contributed by atoms with Crippen LogP contribution >= 0.6 is 11.6 Å². The largest absolute Gasteiger partial charge is 0.326 e. The summed E-state index contributed by atoms with van der Waals surface area (Å²) in [5.74, 6) is -1.65. The van der Waals surface area contributed by atoms with Crippen LogP contribution < -0.4 is 21.2 Å². The van der Waals surface area contributed by atoms with Crippen LogP contribution in [0, 0.1) is 5.82 Å². The summed E-state index contributed by atoms with van der Waals surface area (Å²) in [6.45, 7) is -1.84. The van der Waals surface area contributed by atoms with Crippen LogP contribution in [0.3, 0.4) is 0 Å². The van der Waals surface area contributed by atoms with Crippen molar-refractivity contribution in [2.75, 3.05) is 16.6 Å². The van der Waals surface area contributed by atoms with Gasteiger partial charge in [-0.3, -0.25) is 9.52 Å². The van der Waals surface area contributed by atoms with Crippen molar-refractivity contribution in [3.8, 4) is 0 Å². The van der Waals surface area contributed by atoms with Gasteiger partial charge >= 0.3 is 6.55 Å². The number of amides is 1. The fraction of sp³-hybridized carbons (Fsp3) is 0.316. The van der Waals surface area contributed by atoms with E-state index in [-0.39, 0.29) is 28.5 Å². The van der Waals surface area contributed by atoms with Crippen LogP contribution in [0.5, 0.6) is 0 Å². The highest BCUT2D eigenvalue weighted by Crippen LogP contribution is 2.27. The van der Waals surface area contributed by atoms with Crippen LogP contribution in [-0.2, 0) is 16.6 Å². The van der Waals surface area contributed by atoms with Crippen LogP contribution in [0.15, 0.2) is 36.4 Å². The van der Waals surface area contributed by atoms with Gasteiger partial charge < -0.3 is 11.1 Å². The first-order chi connectivity index (χ1) is 15.0. The zero-order chi connectivity index (χ0) is 23.6. The molecule has 0 aromatic heterocycles. The van der Waals surface area contributed by atoms with Crippen molar-refractivity contribution < 1.29 is 26.4 Å². The maximum absolute atomic E-state index is 14.0. The quantitative estimate of drug-likeness (QED) is 0.443. The number of carbonyl (C=O) groups excluding carboxylic acids is 1. The summed E-state index contributed by atoms with van der Waals surface area (Å²) in [4.78, 5) is 12.5. The number of nitrogens with zero attached hydrogens (tertiary/aromatic N) is 1. The predicted molar refractivity (Wildman–Crippen MR) is 115 cm³/mol. The molecule has 2 aromatic carbocycles. The van der Waals surface area contributed by atoms with Gasteiger partial charge in [-0.05, 0) is 36.8 Å². The summed E-state index contributed by atoms with van der Waals surface area (Å²) in [7, 11) is -4.11. The van der Waals surface area contributed by atoms with E-state index >= 15 is 0 Å². The molecular weight excluding hydrogens is 471 g/mol. The van der Waals surface area contributed by atoms with Crippen molar-refractivity contribution in [1.82, 2.24) is 10.4 Å². The number of hydrogen-bond donors (Lipinski definition) is 4. The van der Waals surface area contributed by atoms with Crippen molar-refractivity contribution in [2.45, 2.75) is 31.3 Å². The van der Waals surface area contributed by atoms with Crippen LogP contribution in [0.25, 0.3) is 0 Å². The third-order valence-corrected chi connectivity index (χ3v) is 7.14. The topological polar surface area (TPSA) is 117 Å². The first-order valence-electron chi connectivity index (χ1n) is 9.44. The van der Waals surface area contributed by atoms with E-state index in [4.69, 9.17) is 17.3 Å². The Kier molecular flexibility index (Phi) is 7.30. The van der Waals surface area contributed by atoms with E-state index in [9.17, 15) is 26.4 Å². The minimum absolute atomic E-state index is 0.0349. The van der Waals surface area contributed by atoms with E-state index in [1.165, 1.54) is 37.3 Å². The summed E-state index contributed by atoms with van der Waals surface area (Å²) in [5, 5.41) is 1.75. The molecule has 0 radical (unpaired) electrons. The average Bonchev–Trinajstić information content (AvgIpc) is 3.11. The summed E-state index contributed by atoms with van der Waals surface area (Å²) < 4.78 is 68.0. The number of alkyl halides is 2. The molecule has 5 N–H and O–H groups in total. The van der Waals surface area contributed by atoms with Gasteiger partial charge in [0, 0.05) is 24.8 Å². The minimum Gasteiger partial charge on any atom is -0.326 e. The molecule has 2 atom stereocenters. The lowest BCUT2D eigenvalue weighted by molar-refractivity contribution is -0.0435. The molecule has 13 heteroatoms. The van der Waals surface area contributed by atoms with E-state index in [2.05, 4.69) is 15.5 Å². The molecule has 174 valence electrons. The third-order valence-electron chi connectivity index (χ3n) is 4.97. The van der Waals surface area contributed by atoms with Gasteiger partial charge in [0.15, 0.2) is 0 Å². The first-order valence-corrected chi connectivity index (χ1v) is 11.4. The highest BCUT2D eigenvalue weighted by Gasteiger charge is 2.41. The molecule has 1 aliphatic heterocycles. The van der Waals surface area contributed by atoms with Crippen molar-refractivity contribution in [3.05, 3.63) is 58.4 Å². The molecule has 2 aromatic rings.